The van der Waals surface area contributed by atoms with Crippen LogP contribution in [0.25, 0.3) is 0 Å². The first kappa shape index (κ1) is 11.7. The molecule has 1 aromatic rings. The van der Waals surface area contributed by atoms with Gasteiger partial charge >= 0.3 is 5.97 Å². The minimum atomic E-state index is -0.453. The first-order valence-electron chi connectivity index (χ1n) is 5.16. The molecule has 0 radical (unpaired) electrons. The molecule has 15 heavy (non-hydrogen) atoms. The summed E-state index contributed by atoms with van der Waals surface area (Å²) in [5.74, 6) is -0.872. The predicted molar refractivity (Wildman–Crippen MR) is 56.2 cm³/mol. The third kappa shape index (κ3) is 4.11. The Morgan fingerprint density at radius 3 is 2.87 bits per heavy atom. The molecule has 0 heterocycles. The van der Waals surface area contributed by atoms with Gasteiger partial charge in [0, 0.05) is 0 Å². The number of ether oxygens (including phenoxy) is 1. The van der Waals surface area contributed by atoms with E-state index in [-0.39, 0.29) is 5.56 Å². The number of carbonyl (C=O) groups excluding carboxylic acids is 1. The van der Waals surface area contributed by atoms with E-state index >= 15 is 0 Å². The number of hydrogen-bond acceptors (Lipinski definition) is 2. The van der Waals surface area contributed by atoms with E-state index in [1.54, 1.807) is 6.07 Å². The standard InChI is InChI=1S/C12H15FO2/c1-2-3-4-8-15-12(14)10-6-5-7-11(13)9-10/h5-7,9H,2-4,8H2,1H3. The van der Waals surface area contributed by atoms with Gasteiger partial charge in [0.05, 0.1) is 12.2 Å². The number of benzene rings is 1. The molecule has 0 aliphatic heterocycles. The molecule has 0 amide bonds. The van der Waals surface area contributed by atoms with E-state index in [2.05, 4.69) is 6.92 Å². The number of halogens is 1. The average Bonchev–Trinajstić information content (AvgIpc) is 2.24. The molecule has 2 nitrogen and oxygen atoms in total. The summed E-state index contributed by atoms with van der Waals surface area (Å²) in [7, 11) is 0. The molecule has 0 aromatic heterocycles. The molecule has 0 saturated carbocycles. The quantitative estimate of drug-likeness (QED) is 0.551. The van der Waals surface area contributed by atoms with Gasteiger partial charge in [0.25, 0.3) is 0 Å². The maximum Gasteiger partial charge on any atom is 0.338 e. The van der Waals surface area contributed by atoms with Crippen molar-refractivity contribution in [3.63, 3.8) is 0 Å². The fourth-order valence-corrected chi connectivity index (χ4v) is 1.22. The Balaban J connectivity index is 2.40. The molecule has 0 bridgehead atoms. The lowest BCUT2D eigenvalue weighted by Gasteiger charge is -2.03. The van der Waals surface area contributed by atoms with Crippen LogP contribution in [0, 0.1) is 5.82 Å². The van der Waals surface area contributed by atoms with Gasteiger partial charge in [-0.1, -0.05) is 25.8 Å². The minimum Gasteiger partial charge on any atom is -0.462 e. The summed E-state index contributed by atoms with van der Waals surface area (Å²) in [6.07, 6.45) is 2.98. The van der Waals surface area contributed by atoms with Crippen molar-refractivity contribution >= 4 is 5.97 Å². The minimum absolute atomic E-state index is 0.270. The molecular weight excluding hydrogens is 195 g/mol. The molecule has 82 valence electrons. The second-order valence-electron chi connectivity index (χ2n) is 3.35. The van der Waals surface area contributed by atoms with Crippen LogP contribution >= 0.6 is 0 Å². The molecule has 0 atom stereocenters. The van der Waals surface area contributed by atoms with E-state index < -0.39 is 11.8 Å². The van der Waals surface area contributed by atoms with Crippen LogP contribution in [0.5, 0.6) is 0 Å². The van der Waals surface area contributed by atoms with Crippen molar-refractivity contribution in [2.75, 3.05) is 6.61 Å². The molecule has 1 rings (SSSR count). The number of carbonyl (C=O) groups is 1. The maximum atomic E-state index is 12.8. The Morgan fingerprint density at radius 1 is 1.40 bits per heavy atom. The highest BCUT2D eigenvalue weighted by atomic mass is 19.1. The first-order chi connectivity index (χ1) is 7.24. The van der Waals surface area contributed by atoms with Gasteiger partial charge in [-0.3, -0.25) is 0 Å². The van der Waals surface area contributed by atoms with E-state index in [9.17, 15) is 9.18 Å². The molecule has 0 N–H and O–H groups in total. The normalized spacial score (nSPS) is 10.0. The van der Waals surface area contributed by atoms with Gasteiger partial charge in [-0.15, -0.1) is 0 Å². The molecule has 0 aliphatic carbocycles. The number of unbranched alkanes of at least 4 members (excludes halogenated alkanes) is 2. The molecule has 0 spiro atoms. The lowest BCUT2D eigenvalue weighted by molar-refractivity contribution is 0.0497. The van der Waals surface area contributed by atoms with Gasteiger partial charge in [-0.05, 0) is 24.6 Å². The Labute approximate surface area is 89.1 Å². The number of hydrogen-bond donors (Lipinski definition) is 0. The van der Waals surface area contributed by atoms with Crippen molar-refractivity contribution in [1.82, 2.24) is 0 Å². The lowest BCUT2D eigenvalue weighted by Crippen LogP contribution is -2.06. The van der Waals surface area contributed by atoms with E-state index in [0.29, 0.717) is 6.61 Å². The van der Waals surface area contributed by atoms with Gasteiger partial charge < -0.3 is 4.74 Å². The monoisotopic (exact) mass is 210 g/mol. The van der Waals surface area contributed by atoms with E-state index in [4.69, 9.17) is 4.74 Å². The van der Waals surface area contributed by atoms with Crippen LogP contribution < -0.4 is 0 Å². The van der Waals surface area contributed by atoms with Crippen LogP contribution in [0.1, 0.15) is 36.5 Å². The van der Waals surface area contributed by atoms with Crippen LogP contribution in [0.3, 0.4) is 0 Å². The van der Waals surface area contributed by atoms with Crippen molar-refractivity contribution in [3.8, 4) is 0 Å². The second kappa shape index (κ2) is 6.17. The Bertz CT molecular complexity index is 323. The van der Waals surface area contributed by atoms with Crippen molar-refractivity contribution in [2.45, 2.75) is 26.2 Å². The summed E-state index contributed by atoms with van der Waals surface area (Å²) in [6, 6.07) is 5.53. The SMILES string of the molecule is CCCCCOC(=O)c1cccc(F)c1. The fraction of sp³-hybridized carbons (Fsp3) is 0.417. The van der Waals surface area contributed by atoms with Crippen molar-refractivity contribution in [1.29, 1.82) is 0 Å². The molecule has 0 unspecified atom stereocenters. The molecule has 0 saturated heterocycles. The highest BCUT2D eigenvalue weighted by molar-refractivity contribution is 5.89. The number of esters is 1. The zero-order valence-corrected chi connectivity index (χ0v) is 8.83. The second-order valence-corrected chi connectivity index (χ2v) is 3.35. The summed E-state index contributed by atoms with van der Waals surface area (Å²) in [6.45, 7) is 2.48. The summed E-state index contributed by atoms with van der Waals surface area (Å²) in [5, 5.41) is 0. The highest BCUT2D eigenvalue weighted by Crippen LogP contribution is 2.06. The van der Waals surface area contributed by atoms with Crippen molar-refractivity contribution in [3.05, 3.63) is 35.6 Å². The summed E-state index contributed by atoms with van der Waals surface area (Å²) in [4.78, 5) is 11.4. The highest BCUT2D eigenvalue weighted by Gasteiger charge is 2.06. The molecular formula is C12H15FO2. The largest absolute Gasteiger partial charge is 0.462 e. The third-order valence-corrected chi connectivity index (χ3v) is 2.04. The predicted octanol–water partition coefficient (Wildman–Crippen LogP) is 3.17. The van der Waals surface area contributed by atoms with Crippen LogP contribution in [-0.4, -0.2) is 12.6 Å². The Hall–Kier alpha value is -1.38. The van der Waals surface area contributed by atoms with Crippen LogP contribution in [0.2, 0.25) is 0 Å². The summed E-state index contributed by atoms with van der Waals surface area (Å²) in [5.41, 5.74) is 0.270. The topological polar surface area (TPSA) is 26.3 Å². The van der Waals surface area contributed by atoms with Crippen molar-refractivity contribution in [2.24, 2.45) is 0 Å². The number of rotatable bonds is 5. The molecule has 1 aromatic carbocycles. The van der Waals surface area contributed by atoms with E-state index in [1.165, 1.54) is 18.2 Å². The van der Waals surface area contributed by atoms with Gasteiger partial charge in [-0.25, -0.2) is 9.18 Å². The fourth-order valence-electron chi connectivity index (χ4n) is 1.22. The Morgan fingerprint density at radius 2 is 2.20 bits per heavy atom. The smallest absolute Gasteiger partial charge is 0.338 e. The third-order valence-electron chi connectivity index (χ3n) is 2.04. The van der Waals surface area contributed by atoms with Crippen LogP contribution in [-0.2, 0) is 4.74 Å². The van der Waals surface area contributed by atoms with Crippen LogP contribution in [0.4, 0.5) is 4.39 Å². The lowest BCUT2D eigenvalue weighted by atomic mass is 10.2. The van der Waals surface area contributed by atoms with Gasteiger partial charge in [0.2, 0.25) is 0 Å². The van der Waals surface area contributed by atoms with E-state index in [1.807, 2.05) is 0 Å². The van der Waals surface area contributed by atoms with E-state index in [0.717, 1.165) is 19.3 Å². The van der Waals surface area contributed by atoms with Crippen molar-refractivity contribution < 1.29 is 13.9 Å². The van der Waals surface area contributed by atoms with Crippen LogP contribution in [0.15, 0.2) is 24.3 Å². The zero-order chi connectivity index (χ0) is 11.1. The molecule has 0 aliphatic rings. The van der Waals surface area contributed by atoms with Gasteiger partial charge in [-0.2, -0.15) is 0 Å². The first-order valence-corrected chi connectivity index (χ1v) is 5.16. The summed E-state index contributed by atoms with van der Waals surface area (Å²) < 4.78 is 17.7. The molecule has 0 fully saturated rings. The molecule has 3 heteroatoms. The summed E-state index contributed by atoms with van der Waals surface area (Å²) >= 11 is 0. The Kier molecular flexibility index (Phi) is 4.81. The zero-order valence-electron chi connectivity index (χ0n) is 8.83. The maximum absolute atomic E-state index is 12.8. The van der Waals surface area contributed by atoms with Gasteiger partial charge in [0.15, 0.2) is 0 Å². The van der Waals surface area contributed by atoms with Gasteiger partial charge in [0.1, 0.15) is 5.82 Å². The average molecular weight is 210 g/mol.